The van der Waals surface area contributed by atoms with Crippen LogP contribution in [0.1, 0.15) is 36.6 Å². The van der Waals surface area contributed by atoms with Crippen molar-refractivity contribution in [1.29, 1.82) is 0 Å². The lowest BCUT2D eigenvalue weighted by atomic mass is 9.92. The second-order valence-corrected chi connectivity index (χ2v) is 7.22. The number of nitrogens with zero attached hydrogens (tertiary/aromatic N) is 5. The Morgan fingerprint density at radius 1 is 1.28 bits per heavy atom. The SMILES string of the molecule is Cc1cc2nc(C3CCN(C(=O)C4CC(=O)N(C)C4)CC3)ccn2n1. The molecule has 1 unspecified atom stereocenters. The van der Waals surface area contributed by atoms with Crippen LogP contribution in [-0.4, -0.2) is 62.9 Å². The smallest absolute Gasteiger partial charge is 0.227 e. The highest BCUT2D eigenvalue weighted by molar-refractivity contribution is 5.89. The standard InChI is InChI=1S/C18H23N5O2/c1-12-9-16-19-15(5-8-23(16)20-12)13-3-6-22(7-4-13)18(25)14-10-17(24)21(2)11-14/h5,8-9,13-14H,3-4,6-7,10-11H2,1-2H3. The van der Waals surface area contributed by atoms with Crippen LogP contribution in [-0.2, 0) is 9.59 Å². The predicted molar refractivity (Wildman–Crippen MR) is 92.0 cm³/mol. The minimum atomic E-state index is -0.168. The molecule has 0 saturated carbocycles. The van der Waals surface area contributed by atoms with E-state index in [4.69, 9.17) is 4.98 Å². The number of carbonyl (C=O) groups is 2. The molecule has 2 saturated heterocycles. The van der Waals surface area contributed by atoms with E-state index in [2.05, 4.69) is 5.10 Å². The molecule has 0 aliphatic carbocycles. The molecule has 0 spiro atoms. The van der Waals surface area contributed by atoms with E-state index in [1.165, 1.54) is 0 Å². The van der Waals surface area contributed by atoms with Gasteiger partial charge in [0.05, 0.1) is 11.6 Å². The summed E-state index contributed by atoms with van der Waals surface area (Å²) in [5.74, 6) is 0.406. The minimum absolute atomic E-state index is 0.0711. The molecule has 2 amide bonds. The number of aryl methyl sites for hydroxylation is 1. The summed E-state index contributed by atoms with van der Waals surface area (Å²) in [6.45, 7) is 3.99. The van der Waals surface area contributed by atoms with Gasteiger partial charge in [-0.1, -0.05) is 0 Å². The van der Waals surface area contributed by atoms with Crippen molar-refractivity contribution in [3.8, 4) is 0 Å². The van der Waals surface area contributed by atoms with Crippen LogP contribution in [0.15, 0.2) is 18.3 Å². The minimum Gasteiger partial charge on any atom is -0.345 e. The van der Waals surface area contributed by atoms with Crippen LogP contribution in [0.25, 0.3) is 5.65 Å². The summed E-state index contributed by atoms with van der Waals surface area (Å²) in [7, 11) is 1.77. The molecule has 2 aromatic rings. The van der Waals surface area contributed by atoms with Gasteiger partial charge in [-0.05, 0) is 25.8 Å². The highest BCUT2D eigenvalue weighted by Gasteiger charge is 2.36. The zero-order chi connectivity index (χ0) is 17.6. The van der Waals surface area contributed by atoms with Crippen LogP contribution >= 0.6 is 0 Å². The van der Waals surface area contributed by atoms with Gasteiger partial charge < -0.3 is 9.80 Å². The first-order valence-corrected chi connectivity index (χ1v) is 8.87. The third-order valence-electron chi connectivity index (χ3n) is 5.38. The fourth-order valence-electron chi connectivity index (χ4n) is 3.92. The molecule has 7 heteroatoms. The Labute approximate surface area is 146 Å². The lowest BCUT2D eigenvalue weighted by Gasteiger charge is -2.33. The number of likely N-dealkylation sites (tertiary alicyclic amines) is 2. The third kappa shape index (κ3) is 2.99. The molecule has 132 valence electrons. The van der Waals surface area contributed by atoms with Gasteiger partial charge >= 0.3 is 0 Å². The Bertz CT molecular complexity index is 822. The van der Waals surface area contributed by atoms with Crippen LogP contribution in [0, 0.1) is 12.8 Å². The van der Waals surface area contributed by atoms with Gasteiger partial charge in [-0.3, -0.25) is 9.59 Å². The predicted octanol–water partition coefficient (Wildman–Crippen LogP) is 1.22. The first-order chi connectivity index (χ1) is 12.0. The number of rotatable bonds is 2. The number of amides is 2. The molecule has 0 bridgehead atoms. The number of hydrogen-bond acceptors (Lipinski definition) is 4. The second-order valence-electron chi connectivity index (χ2n) is 7.22. The summed E-state index contributed by atoms with van der Waals surface area (Å²) >= 11 is 0. The Hall–Kier alpha value is -2.44. The van der Waals surface area contributed by atoms with Crippen molar-refractivity contribution in [2.24, 2.45) is 5.92 Å². The van der Waals surface area contributed by atoms with Gasteiger partial charge in [-0.25, -0.2) is 9.50 Å². The molecule has 0 aromatic carbocycles. The van der Waals surface area contributed by atoms with E-state index in [1.807, 2.05) is 30.2 Å². The molecule has 2 aliphatic heterocycles. The van der Waals surface area contributed by atoms with Crippen molar-refractivity contribution in [3.63, 3.8) is 0 Å². The molecular formula is C18H23N5O2. The van der Waals surface area contributed by atoms with Crippen molar-refractivity contribution in [2.45, 2.75) is 32.1 Å². The molecule has 7 nitrogen and oxygen atoms in total. The molecule has 2 aliphatic rings. The van der Waals surface area contributed by atoms with Gasteiger partial charge in [0.15, 0.2) is 5.65 Å². The average molecular weight is 341 g/mol. The maximum absolute atomic E-state index is 12.6. The fourth-order valence-corrected chi connectivity index (χ4v) is 3.92. The van der Waals surface area contributed by atoms with Crippen molar-refractivity contribution in [2.75, 3.05) is 26.7 Å². The van der Waals surface area contributed by atoms with E-state index in [0.717, 1.165) is 43.0 Å². The van der Waals surface area contributed by atoms with E-state index in [9.17, 15) is 9.59 Å². The lowest BCUT2D eigenvalue weighted by Crippen LogP contribution is -2.42. The van der Waals surface area contributed by atoms with E-state index in [0.29, 0.717) is 18.9 Å². The summed E-state index contributed by atoms with van der Waals surface area (Å²) < 4.78 is 1.80. The van der Waals surface area contributed by atoms with E-state index in [-0.39, 0.29) is 17.7 Å². The summed E-state index contributed by atoms with van der Waals surface area (Å²) in [4.78, 5) is 32.6. The number of piperidine rings is 1. The zero-order valence-electron chi connectivity index (χ0n) is 14.7. The maximum Gasteiger partial charge on any atom is 0.227 e. The topological polar surface area (TPSA) is 70.8 Å². The fraction of sp³-hybridized carbons (Fsp3) is 0.556. The van der Waals surface area contributed by atoms with Gasteiger partial charge in [0.2, 0.25) is 11.8 Å². The number of hydrogen-bond donors (Lipinski definition) is 0. The number of fused-ring (bicyclic) bond motifs is 1. The molecular weight excluding hydrogens is 318 g/mol. The monoisotopic (exact) mass is 341 g/mol. The Morgan fingerprint density at radius 3 is 2.72 bits per heavy atom. The molecule has 4 rings (SSSR count). The highest BCUT2D eigenvalue weighted by Crippen LogP contribution is 2.29. The summed E-state index contributed by atoms with van der Waals surface area (Å²) in [6, 6.07) is 4.02. The van der Waals surface area contributed by atoms with Gasteiger partial charge in [0, 0.05) is 57.0 Å². The van der Waals surface area contributed by atoms with E-state index >= 15 is 0 Å². The van der Waals surface area contributed by atoms with Crippen molar-refractivity contribution < 1.29 is 9.59 Å². The third-order valence-corrected chi connectivity index (χ3v) is 5.38. The second kappa shape index (κ2) is 6.13. The van der Waals surface area contributed by atoms with Gasteiger partial charge in [-0.2, -0.15) is 5.10 Å². The number of carbonyl (C=O) groups excluding carboxylic acids is 2. The van der Waals surface area contributed by atoms with Crippen LogP contribution in [0.4, 0.5) is 0 Å². The summed E-state index contributed by atoms with van der Waals surface area (Å²) in [5, 5.41) is 4.36. The molecule has 2 aromatic heterocycles. The molecule has 0 N–H and O–H groups in total. The van der Waals surface area contributed by atoms with E-state index < -0.39 is 0 Å². The zero-order valence-corrected chi connectivity index (χ0v) is 14.7. The van der Waals surface area contributed by atoms with Gasteiger partial charge in [-0.15, -0.1) is 0 Å². The average Bonchev–Trinajstić information content (AvgIpc) is 3.15. The Morgan fingerprint density at radius 2 is 2.04 bits per heavy atom. The van der Waals surface area contributed by atoms with Crippen LogP contribution in [0.2, 0.25) is 0 Å². The molecule has 2 fully saturated rings. The molecule has 25 heavy (non-hydrogen) atoms. The van der Waals surface area contributed by atoms with Crippen molar-refractivity contribution in [1.82, 2.24) is 24.4 Å². The van der Waals surface area contributed by atoms with Crippen LogP contribution in [0.3, 0.4) is 0 Å². The quantitative estimate of drug-likeness (QED) is 0.823. The summed E-state index contributed by atoms with van der Waals surface area (Å²) in [6.07, 6.45) is 4.15. The van der Waals surface area contributed by atoms with Gasteiger partial charge in [0.1, 0.15) is 0 Å². The van der Waals surface area contributed by atoms with Crippen molar-refractivity contribution in [3.05, 3.63) is 29.7 Å². The largest absolute Gasteiger partial charge is 0.345 e. The first kappa shape index (κ1) is 16.1. The van der Waals surface area contributed by atoms with E-state index in [1.54, 1.807) is 16.5 Å². The van der Waals surface area contributed by atoms with Crippen LogP contribution in [0.5, 0.6) is 0 Å². The maximum atomic E-state index is 12.6. The molecule has 0 radical (unpaired) electrons. The molecule has 1 atom stereocenters. The van der Waals surface area contributed by atoms with Gasteiger partial charge in [0.25, 0.3) is 0 Å². The van der Waals surface area contributed by atoms with Crippen molar-refractivity contribution >= 4 is 17.5 Å². The lowest BCUT2D eigenvalue weighted by molar-refractivity contribution is -0.136. The number of aromatic nitrogens is 3. The Balaban J connectivity index is 1.40. The molecule has 4 heterocycles. The van der Waals surface area contributed by atoms with Crippen LogP contribution < -0.4 is 0 Å². The summed E-state index contributed by atoms with van der Waals surface area (Å²) in [5.41, 5.74) is 2.91. The highest BCUT2D eigenvalue weighted by atomic mass is 16.2. The Kier molecular flexibility index (Phi) is 3.94. The normalized spacial score (nSPS) is 22.2. The first-order valence-electron chi connectivity index (χ1n) is 8.87.